The summed E-state index contributed by atoms with van der Waals surface area (Å²) < 4.78 is 1.96. The summed E-state index contributed by atoms with van der Waals surface area (Å²) in [6, 6.07) is 12.2. The molecule has 2 heterocycles. The molecule has 1 amide bonds. The number of rotatable bonds is 4. The van der Waals surface area contributed by atoms with E-state index in [4.69, 9.17) is 11.6 Å². The molecule has 1 N–H and O–H groups in total. The lowest BCUT2D eigenvalue weighted by Gasteiger charge is -2.27. The lowest BCUT2D eigenvalue weighted by atomic mass is 9.88. The maximum atomic E-state index is 12.6. The number of hydrogen-bond acceptors (Lipinski definition) is 3. The number of pyridine rings is 1. The highest BCUT2D eigenvalue weighted by Gasteiger charge is 2.25. The van der Waals surface area contributed by atoms with Crippen molar-refractivity contribution in [3.05, 3.63) is 76.2 Å². The van der Waals surface area contributed by atoms with Crippen LogP contribution in [0.4, 0.5) is 5.82 Å². The van der Waals surface area contributed by atoms with Gasteiger partial charge in [0.05, 0.1) is 23.7 Å². The summed E-state index contributed by atoms with van der Waals surface area (Å²) in [6.45, 7) is 1.97. The van der Waals surface area contributed by atoms with Crippen molar-refractivity contribution in [2.75, 3.05) is 5.32 Å². The van der Waals surface area contributed by atoms with Gasteiger partial charge < -0.3 is 5.32 Å². The number of nitrogens with one attached hydrogen (secondary N) is 1. The molecule has 3 aromatic rings. The molecule has 0 aliphatic heterocycles. The number of fused-ring (bicyclic) bond motifs is 1. The molecule has 0 fully saturated rings. The van der Waals surface area contributed by atoms with Crippen LogP contribution in [0, 0.1) is 6.92 Å². The predicted molar refractivity (Wildman–Crippen MR) is 106 cm³/mol. The van der Waals surface area contributed by atoms with Gasteiger partial charge in [0.25, 0.3) is 0 Å². The van der Waals surface area contributed by atoms with Gasteiger partial charge in [-0.05, 0) is 49.4 Å². The fourth-order valence-electron chi connectivity index (χ4n) is 3.67. The molecular weight excluding hydrogens is 360 g/mol. The molecule has 1 aromatic carbocycles. The van der Waals surface area contributed by atoms with Crippen LogP contribution in [0.15, 0.2) is 48.8 Å². The highest BCUT2D eigenvalue weighted by molar-refractivity contribution is 6.30. The maximum absolute atomic E-state index is 12.6. The summed E-state index contributed by atoms with van der Waals surface area (Å²) in [4.78, 5) is 16.8. The molecule has 138 valence electrons. The highest BCUT2D eigenvalue weighted by atomic mass is 35.5. The summed E-state index contributed by atoms with van der Waals surface area (Å²) in [5.41, 5.74) is 4.30. The summed E-state index contributed by atoms with van der Waals surface area (Å²) >= 11 is 5.86. The smallest absolute Gasteiger partial charge is 0.231 e. The Balaban J connectivity index is 1.57. The van der Waals surface area contributed by atoms with Gasteiger partial charge in [0.1, 0.15) is 5.82 Å². The Bertz CT molecular complexity index is 965. The molecule has 27 heavy (non-hydrogen) atoms. The van der Waals surface area contributed by atoms with Gasteiger partial charge >= 0.3 is 0 Å². The SMILES string of the molecule is Cc1cnn(C2CCCc3ccccc32)c1NC(=O)Cc1ccc(Cl)cn1. The Morgan fingerprint density at radius 3 is 2.93 bits per heavy atom. The Hall–Kier alpha value is -2.66. The lowest BCUT2D eigenvalue weighted by molar-refractivity contribution is -0.115. The van der Waals surface area contributed by atoms with E-state index in [0.717, 1.165) is 30.6 Å². The van der Waals surface area contributed by atoms with Crippen molar-refractivity contribution in [3.8, 4) is 0 Å². The van der Waals surface area contributed by atoms with E-state index >= 15 is 0 Å². The van der Waals surface area contributed by atoms with Gasteiger partial charge in [-0.15, -0.1) is 0 Å². The van der Waals surface area contributed by atoms with Gasteiger partial charge in [-0.3, -0.25) is 9.78 Å². The average Bonchev–Trinajstić information content (AvgIpc) is 3.03. The van der Waals surface area contributed by atoms with Crippen molar-refractivity contribution in [1.29, 1.82) is 0 Å². The molecule has 0 bridgehead atoms. The Morgan fingerprint density at radius 2 is 2.11 bits per heavy atom. The molecule has 0 radical (unpaired) electrons. The van der Waals surface area contributed by atoms with Crippen LogP contribution in [0.5, 0.6) is 0 Å². The van der Waals surface area contributed by atoms with Crippen LogP contribution >= 0.6 is 11.6 Å². The molecule has 5 nitrogen and oxygen atoms in total. The van der Waals surface area contributed by atoms with Crippen molar-refractivity contribution < 1.29 is 4.79 Å². The van der Waals surface area contributed by atoms with Gasteiger partial charge in [0, 0.05) is 17.5 Å². The van der Waals surface area contributed by atoms with Crippen molar-refractivity contribution in [2.45, 2.75) is 38.6 Å². The number of aryl methyl sites for hydroxylation is 2. The number of benzene rings is 1. The largest absolute Gasteiger partial charge is 0.310 e. The van der Waals surface area contributed by atoms with E-state index in [1.807, 2.05) is 17.8 Å². The predicted octanol–water partition coefficient (Wildman–Crippen LogP) is 4.35. The van der Waals surface area contributed by atoms with Crippen molar-refractivity contribution in [1.82, 2.24) is 14.8 Å². The number of carbonyl (C=O) groups is 1. The van der Waals surface area contributed by atoms with Crippen LogP contribution in [0.3, 0.4) is 0 Å². The summed E-state index contributed by atoms with van der Waals surface area (Å²) in [5, 5.41) is 8.18. The number of carbonyl (C=O) groups excluding carboxylic acids is 1. The van der Waals surface area contributed by atoms with Crippen molar-refractivity contribution >= 4 is 23.3 Å². The normalized spacial score (nSPS) is 16.0. The zero-order chi connectivity index (χ0) is 18.8. The Kier molecular flexibility index (Phi) is 4.94. The summed E-state index contributed by atoms with van der Waals surface area (Å²) in [6.07, 6.45) is 6.79. The monoisotopic (exact) mass is 380 g/mol. The van der Waals surface area contributed by atoms with Gasteiger partial charge in [-0.1, -0.05) is 35.9 Å². The number of anilines is 1. The second-order valence-corrected chi connectivity index (χ2v) is 7.36. The van der Waals surface area contributed by atoms with E-state index in [1.165, 1.54) is 11.1 Å². The molecule has 0 saturated heterocycles. The molecule has 1 unspecified atom stereocenters. The van der Waals surface area contributed by atoms with E-state index in [-0.39, 0.29) is 18.4 Å². The second kappa shape index (κ2) is 7.53. The van der Waals surface area contributed by atoms with E-state index in [1.54, 1.807) is 18.3 Å². The van der Waals surface area contributed by atoms with E-state index in [2.05, 4.69) is 39.7 Å². The van der Waals surface area contributed by atoms with E-state index in [0.29, 0.717) is 10.7 Å². The first-order valence-electron chi connectivity index (χ1n) is 9.14. The van der Waals surface area contributed by atoms with Gasteiger partial charge in [-0.25, -0.2) is 4.68 Å². The lowest BCUT2D eigenvalue weighted by Crippen LogP contribution is -2.23. The molecule has 0 saturated carbocycles. The van der Waals surface area contributed by atoms with Crippen LogP contribution in [-0.4, -0.2) is 20.7 Å². The van der Waals surface area contributed by atoms with Crippen molar-refractivity contribution in [2.24, 2.45) is 0 Å². The standard InChI is InChI=1S/C21H21ClN4O/c1-14-12-24-26(19-8-4-6-15-5-2-3-7-18(15)19)21(14)25-20(27)11-17-10-9-16(22)13-23-17/h2-3,5,7,9-10,12-13,19H,4,6,8,11H2,1H3,(H,25,27). The fourth-order valence-corrected chi connectivity index (χ4v) is 3.79. The average molecular weight is 381 g/mol. The summed E-state index contributed by atoms with van der Waals surface area (Å²) in [5.74, 6) is 0.648. The minimum atomic E-state index is -0.112. The molecular formula is C21H21ClN4O. The van der Waals surface area contributed by atoms with Crippen molar-refractivity contribution in [3.63, 3.8) is 0 Å². The minimum Gasteiger partial charge on any atom is -0.310 e. The molecule has 6 heteroatoms. The molecule has 0 spiro atoms. The first kappa shape index (κ1) is 17.7. The summed E-state index contributed by atoms with van der Waals surface area (Å²) in [7, 11) is 0. The number of halogens is 1. The molecule has 1 aliphatic rings. The number of aromatic nitrogens is 3. The number of hydrogen-bond donors (Lipinski definition) is 1. The highest BCUT2D eigenvalue weighted by Crippen LogP contribution is 2.35. The van der Waals surface area contributed by atoms with Gasteiger partial charge in [0.2, 0.25) is 5.91 Å². The van der Waals surface area contributed by atoms with E-state index in [9.17, 15) is 4.79 Å². The van der Waals surface area contributed by atoms with Crippen LogP contribution < -0.4 is 5.32 Å². The molecule has 1 aliphatic carbocycles. The zero-order valence-corrected chi connectivity index (χ0v) is 15.9. The van der Waals surface area contributed by atoms with Crippen LogP contribution in [0.25, 0.3) is 0 Å². The van der Waals surface area contributed by atoms with Gasteiger partial charge in [0.15, 0.2) is 0 Å². The molecule has 4 rings (SSSR count). The topological polar surface area (TPSA) is 59.8 Å². The number of amides is 1. The maximum Gasteiger partial charge on any atom is 0.231 e. The molecule has 2 aromatic heterocycles. The molecule has 1 atom stereocenters. The quantitative estimate of drug-likeness (QED) is 0.732. The second-order valence-electron chi connectivity index (χ2n) is 6.92. The fraction of sp³-hybridized carbons (Fsp3) is 0.286. The zero-order valence-electron chi connectivity index (χ0n) is 15.2. The Labute approximate surface area is 163 Å². The first-order valence-corrected chi connectivity index (χ1v) is 9.52. The third-order valence-corrected chi connectivity index (χ3v) is 5.22. The van der Waals surface area contributed by atoms with E-state index < -0.39 is 0 Å². The van der Waals surface area contributed by atoms with Crippen LogP contribution in [-0.2, 0) is 17.6 Å². The third-order valence-electron chi connectivity index (χ3n) is 5.00. The van der Waals surface area contributed by atoms with Gasteiger partial charge in [-0.2, -0.15) is 5.10 Å². The van der Waals surface area contributed by atoms with Crippen LogP contribution in [0.2, 0.25) is 5.02 Å². The third kappa shape index (κ3) is 3.74. The first-order chi connectivity index (χ1) is 13.1. The Morgan fingerprint density at radius 1 is 1.26 bits per heavy atom. The minimum absolute atomic E-state index is 0.112. The number of nitrogens with zero attached hydrogens (tertiary/aromatic N) is 3. The van der Waals surface area contributed by atoms with Crippen LogP contribution in [0.1, 0.15) is 41.3 Å².